The Morgan fingerprint density at radius 3 is 0.467 bits per heavy atom. The second-order valence-electron chi connectivity index (χ2n) is 15.9. The minimum absolute atomic E-state index is 0. The summed E-state index contributed by atoms with van der Waals surface area (Å²) < 4.78 is 0. The molecule has 0 N–H and O–H groups in total. The van der Waals surface area contributed by atoms with Crippen molar-refractivity contribution in [2.45, 2.75) is 280 Å². The van der Waals surface area contributed by atoms with Crippen LogP contribution < -0.4 is 0 Å². The van der Waals surface area contributed by atoms with Gasteiger partial charge >= 0.3 is 0 Å². The van der Waals surface area contributed by atoms with Gasteiger partial charge in [-0.2, -0.15) is 0 Å². The van der Waals surface area contributed by atoms with Gasteiger partial charge in [0.1, 0.15) is 0 Å². The average Bonchev–Trinajstić information content (AvgIpc) is 2.81. The zero-order valence-electron chi connectivity index (χ0n) is 35.8. The highest BCUT2D eigenvalue weighted by Crippen LogP contribution is 2.19. The van der Waals surface area contributed by atoms with Crippen LogP contribution in [0.15, 0.2) is 0 Å². The quantitative estimate of drug-likeness (QED) is 0.282. The maximum atomic E-state index is 2.27. The van der Waals surface area contributed by atoms with E-state index in [9.17, 15) is 0 Å². The van der Waals surface area contributed by atoms with Gasteiger partial charge in [-0.1, -0.05) is 274 Å². The van der Waals surface area contributed by atoms with Gasteiger partial charge < -0.3 is 0 Å². The van der Waals surface area contributed by atoms with E-state index >= 15 is 0 Å². The minimum Gasteiger partial charge on any atom is -0.0776 e. The Morgan fingerprint density at radius 2 is 0.467 bits per heavy atom. The SMILES string of the molecule is C.C.C.C.CC.CC(C)(C)C.CCC.CCC.CCC(C)(C)C.CCC(C)(C)C.CCCC.CCCC(C)(C)C.CCCCC. The van der Waals surface area contributed by atoms with Crippen molar-refractivity contribution in [3.63, 3.8) is 0 Å². The van der Waals surface area contributed by atoms with Crippen molar-refractivity contribution in [3.05, 3.63) is 0 Å². The number of unbranched alkanes of at least 4 members (excludes halogenated alkanes) is 3. The maximum absolute atomic E-state index is 2.27. The maximum Gasteiger partial charge on any atom is -0.0383 e. The summed E-state index contributed by atoms with van der Waals surface area (Å²) in [4.78, 5) is 0. The van der Waals surface area contributed by atoms with Crippen LogP contribution in [0.4, 0.5) is 0 Å². The first-order chi connectivity index (χ1) is 18.3. The minimum atomic E-state index is 0. The Kier molecular flexibility index (Phi) is 126. The second kappa shape index (κ2) is 66.4. The molecule has 0 aliphatic carbocycles. The van der Waals surface area contributed by atoms with E-state index < -0.39 is 0 Å². The Bertz CT molecular complexity index is 295. The summed E-state index contributed by atoms with van der Waals surface area (Å²) in [6.45, 7) is 57.0. The number of rotatable bonds is 4. The third kappa shape index (κ3) is 459. The molecular weight excluding hydrogens is 540 g/mol. The van der Waals surface area contributed by atoms with Crippen LogP contribution in [0.1, 0.15) is 280 Å². The van der Waals surface area contributed by atoms with E-state index in [-0.39, 0.29) is 29.7 Å². The first kappa shape index (κ1) is 85.1. The zero-order valence-corrected chi connectivity index (χ0v) is 35.8. The van der Waals surface area contributed by atoms with Crippen LogP contribution in [-0.2, 0) is 0 Å². The van der Waals surface area contributed by atoms with E-state index in [4.69, 9.17) is 0 Å². The first-order valence-electron chi connectivity index (χ1n) is 18.3. The van der Waals surface area contributed by atoms with Gasteiger partial charge in [-0.05, 0) is 28.1 Å². The van der Waals surface area contributed by atoms with E-state index in [2.05, 4.69) is 166 Å². The molecule has 0 bridgehead atoms. The third-order valence-electron chi connectivity index (χ3n) is 4.33. The molecule has 0 atom stereocenters. The fourth-order valence-corrected chi connectivity index (χ4v) is 1.10. The lowest BCUT2D eigenvalue weighted by atomic mass is 9.91. The van der Waals surface area contributed by atoms with E-state index in [1.807, 2.05) is 13.8 Å². The molecule has 0 amide bonds. The molecule has 0 aliphatic rings. The lowest BCUT2D eigenvalue weighted by molar-refractivity contribution is 0.373. The predicted octanol–water partition coefficient (Wildman–Crippen LogP) is 20.2. The Hall–Kier alpha value is 0. The van der Waals surface area contributed by atoms with Gasteiger partial charge in [-0.3, -0.25) is 0 Å². The van der Waals surface area contributed by atoms with Crippen LogP contribution in [0.5, 0.6) is 0 Å². The van der Waals surface area contributed by atoms with Crippen molar-refractivity contribution >= 4 is 0 Å². The fraction of sp³-hybridized carbons (Fsp3) is 1.00. The van der Waals surface area contributed by atoms with Gasteiger partial charge in [0.2, 0.25) is 0 Å². The molecule has 0 saturated heterocycles. The van der Waals surface area contributed by atoms with E-state index in [0.29, 0.717) is 21.7 Å². The molecule has 0 aromatic rings. The van der Waals surface area contributed by atoms with Crippen LogP contribution in [0.25, 0.3) is 0 Å². The first-order valence-corrected chi connectivity index (χ1v) is 18.3. The molecule has 0 nitrogen and oxygen atoms in total. The monoisotopic (exact) mass is 657 g/mol. The number of hydrogen-bond acceptors (Lipinski definition) is 0. The molecule has 0 aliphatic heterocycles. The molecule has 0 saturated carbocycles. The molecule has 296 valence electrons. The van der Waals surface area contributed by atoms with Crippen molar-refractivity contribution in [1.82, 2.24) is 0 Å². The summed E-state index contributed by atoms with van der Waals surface area (Å²) in [6, 6.07) is 0. The molecule has 0 rings (SSSR count). The molecule has 0 fully saturated rings. The molecule has 45 heavy (non-hydrogen) atoms. The molecule has 0 radical (unpaired) electrons. The lowest BCUT2D eigenvalue weighted by Crippen LogP contribution is -2.02. The van der Waals surface area contributed by atoms with Gasteiger partial charge in [0.05, 0.1) is 0 Å². The molecule has 0 aromatic heterocycles. The van der Waals surface area contributed by atoms with Gasteiger partial charge in [0.15, 0.2) is 0 Å². The summed E-state index contributed by atoms with van der Waals surface area (Å²) in [6.07, 6.45) is 14.4. The van der Waals surface area contributed by atoms with E-state index in [0.717, 1.165) is 0 Å². The van der Waals surface area contributed by atoms with E-state index in [1.165, 1.54) is 70.6 Å². The Morgan fingerprint density at radius 1 is 0.311 bits per heavy atom. The third-order valence-corrected chi connectivity index (χ3v) is 4.33. The predicted molar refractivity (Wildman–Crippen MR) is 235 cm³/mol. The Balaban J connectivity index is -0.0000000234. The topological polar surface area (TPSA) is 0 Å². The normalized spacial score (nSPS) is 8.93. The van der Waals surface area contributed by atoms with Crippen molar-refractivity contribution < 1.29 is 0 Å². The summed E-state index contributed by atoms with van der Waals surface area (Å²) in [5, 5.41) is 0. The molecule has 0 heterocycles. The second-order valence-corrected chi connectivity index (χ2v) is 15.9. The van der Waals surface area contributed by atoms with E-state index in [1.54, 1.807) is 0 Å². The van der Waals surface area contributed by atoms with Gasteiger partial charge in [0, 0.05) is 0 Å². The van der Waals surface area contributed by atoms with Crippen LogP contribution in [0.3, 0.4) is 0 Å². The molecule has 0 spiro atoms. The standard InChI is InChI=1S/C7H16.2C6H14.2C5H12.C4H10.2C3H8.C2H6.4CH4/c1-5-6-7(2,3)4;2*1-5-6(2,3)4;1-5(2,3)4;1-3-5-4-2;1-3-4-2;2*1-3-2;1-2;;;;/h5-6H2,1-4H3;2*5H2,1-4H3;1-4H3;3-5H2,1-2H3;3-4H2,1-2H3;2*3H2,1-2H3;1-2H3;4*1H4. The summed E-state index contributed by atoms with van der Waals surface area (Å²) >= 11 is 0. The van der Waals surface area contributed by atoms with Crippen LogP contribution in [-0.4, -0.2) is 0 Å². The zero-order chi connectivity index (χ0) is 35.8. The van der Waals surface area contributed by atoms with Crippen molar-refractivity contribution in [3.8, 4) is 0 Å². The van der Waals surface area contributed by atoms with Crippen molar-refractivity contribution in [1.29, 1.82) is 0 Å². The largest absolute Gasteiger partial charge is 0.0776 e. The molecule has 0 heteroatoms. The summed E-state index contributed by atoms with van der Waals surface area (Å²) in [7, 11) is 0. The van der Waals surface area contributed by atoms with Crippen molar-refractivity contribution in [2.75, 3.05) is 0 Å². The fourth-order valence-electron chi connectivity index (χ4n) is 1.10. The highest BCUT2D eigenvalue weighted by atomic mass is 14.1. The number of hydrogen-bond donors (Lipinski definition) is 0. The highest BCUT2D eigenvalue weighted by Gasteiger charge is 2.06. The molecule has 0 aromatic carbocycles. The summed E-state index contributed by atoms with van der Waals surface area (Å²) in [5.41, 5.74) is 2.13. The summed E-state index contributed by atoms with van der Waals surface area (Å²) in [5.74, 6) is 0. The highest BCUT2D eigenvalue weighted by molar-refractivity contribution is 4.58. The molecule has 0 unspecified atom stereocenters. The molecular formula is C45H116. The van der Waals surface area contributed by atoms with Crippen molar-refractivity contribution in [2.24, 2.45) is 21.7 Å². The van der Waals surface area contributed by atoms with Gasteiger partial charge in [-0.15, -0.1) is 0 Å². The smallest absolute Gasteiger partial charge is 0.0383 e. The van der Waals surface area contributed by atoms with Crippen LogP contribution in [0, 0.1) is 21.7 Å². The lowest BCUT2D eigenvalue weighted by Gasteiger charge is -2.15. The average molecular weight is 657 g/mol. The van der Waals surface area contributed by atoms with Crippen LogP contribution >= 0.6 is 0 Å². The van der Waals surface area contributed by atoms with Gasteiger partial charge in [0.25, 0.3) is 0 Å². The van der Waals surface area contributed by atoms with Crippen LogP contribution in [0.2, 0.25) is 0 Å². The Labute approximate surface area is 301 Å². The van der Waals surface area contributed by atoms with Gasteiger partial charge in [-0.25, -0.2) is 0 Å².